The van der Waals surface area contributed by atoms with Gasteiger partial charge in [0.1, 0.15) is 0 Å². The molecule has 0 amide bonds. The van der Waals surface area contributed by atoms with Gasteiger partial charge in [-0.25, -0.2) is 0 Å². The SMILES string of the molecule is CCS.c1csc(-c2ccsc2-c2cccs2)c1. The molecular formula is C14H14S4. The quantitative estimate of drug-likeness (QED) is 0.540. The van der Waals surface area contributed by atoms with Crippen LogP contribution >= 0.6 is 46.6 Å². The summed E-state index contributed by atoms with van der Waals surface area (Å²) in [5, 5.41) is 6.43. The van der Waals surface area contributed by atoms with Gasteiger partial charge in [-0.05, 0) is 40.1 Å². The highest BCUT2D eigenvalue weighted by atomic mass is 32.1. The van der Waals surface area contributed by atoms with Crippen molar-refractivity contribution in [1.82, 2.24) is 0 Å². The molecule has 0 aliphatic heterocycles. The molecule has 0 N–H and O–H groups in total. The van der Waals surface area contributed by atoms with Crippen LogP contribution in [0.5, 0.6) is 0 Å². The van der Waals surface area contributed by atoms with Crippen LogP contribution in [0.3, 0.4) is 0 Å². The van der Waals surface area contributed by atoms with Crippen LogP contribution < -0.4 is 0 Å². The van der Waals surface area contributed by atoms with E-state index in [0.717, 1.165) is 5.75 Å². The molecule has 0 atom stereocenters. The maximum Gasteiger partial charge on any atom is 0.0529 e. The maximum absolute atomic E-state index is 3.79. The zero-order chi connectivity index (χ0) is 12.8. The molecule has 0 saturated carbocycles. The van der Waals surface area contributed by atoms with Gasteiger partial charge in [0.2, 0.25) is 0 Å². The van der Waals surface area contributed by atoms with Crippen LogP contribution in [0.15, 0.2) is 46.5 Å². The summed E-state index contributed by atoms with van der Waals surface area (Å²) in [6, 6.07) is 10.8. The second-order valence-corrected chi connectivity index (χ2v) is 6.88. The predicted molar refractivity (Wildman–Crippen MR) is 90.5 cm³/mol. The zero-order valence-electron chi connectivity index (χ0n) is 10.00. The normalized spacial score (nSPS) is 9.89. The van der Waals surface area contributed by atoms with Gasteiger partial charge in [-0.2, -0.15) is 12.6 Å². The number of hydrogen-bond acceptors (Lipinski definition) is 4. The molecule has 0 fully saturated rings. The Hall–Kier alpha value is -0.550. The van der Waals surface area contributed by atoms with Crippen molar-refractivity contribution in [1.29, 1.82) is 0 Å². The van der Waals surface area contributed by atoms with Crippen LogP contribution in [0.25, 0.3) is 20.2 Å². The molecule has 0 aromatic carbocycles. The first kappa shape index (κ1) is 13.9. The van der Waals surface area contributed by atoms with E-state index < -0.39 is 0 Å². The summed E-state index contributed by atoms with van der Waals surface area (Å²) < 4.78 is 0. The fourth-order valence-electron chi connectivity index (χ4n) is 1.53. The number of hydrogen-bond donors (Lipinski definition) is 1. The highest BCUT2D eigenvalue weighted by Crippen LogP contribution is 2.40. The van der Waals surface area contributed by atoms with Gasteiger partial charge >= 0.3 is 0 Å². The maximum atomic E-state index is 3.79. The average molecular weight is 311 g/mol. The summed E-state index contributed by atoms with van der Waals surface area (Å²) in [7, 11) is 0. The van der Waals surface area contributed by atoms with Gasteiger partial charge in [0, 0.05) is 15.3 Å². The topological polar surface area (TPSA) is 0 Å². The highest BCUT2D eigenvalue weighted by Gasteiger charge is 2.09. The molecule has 3 rings (SSSR count). The lowest BCUT2D eigenvalue weighted by Crippen LogP contribution is -1.69. The van der Waals surface area contributed by atoms with E-state index in [1.54, 1.807) is 11.3 Å². The summed E-state index contributed by atoms with van der Waals surface area (Å²) in [5.74, 6) is 0.944. The van der Waals surface area contributed by atoms with Crippen molar-refractivity contribution in [2.75, 3.05) is 5.75 Å². The minimum absolute atomic E-state index is 0.944. The number of thiol groups is 1. The fraction of sp³-hybridized carbons (Fsp3) is 0.143. The highest BCUT2D eigenvalue weighted by molar-refractivity contribution is 7.80. The molecule has 0 bridgehead atoms. The molecule has 3 aromatic rings. The first-order valence-electron chi connectivity index (χ1n) is 5.63. The first-order valence-corrected chi connectivity index (χ1v) is 8.90. The Kier molecular flexibility index (Phi) is 5.50. The van der Waals surface area contributed by atoms with Crippen LogP contribution in [0.2, 0.25) is 0 Å². The minimum Gasteiger partial charge on any atom is -0.180 e. The third-order valence-electron chi connectivity index (χ3n) is 2.20. The van der Waals surface area contributed by atoms with Crippen LogP contribution in [0, 0.1) is 0 Å². The summed E-state index contributed by atoms with van der Waals surface area (Å²) in [6.45, 7) is 1.99. The standard InChI is InChI=1S/C12H8S3.C2H6S/c1-3-10(13-6-1)9-5-8-15-12(9)11-4-2-7-14-11;1-2-3/h1-8H;3H,2H2,1H3. The van der Waals surface area contributed by atoms with E-state index in [-0.39, 0.29) is 0 Å². The molecule has 0 aliphatic carbocycles. The summed E-state index contributed by atoms with van der Waals surface area (Å²) in [4.78, 5) is 4.13. The fourth-order valence-corrected chi connectivity index (χ4v) is 4.15. The monoisotopic (exact) mass is 310 g/mol. The molecule has 3 heterocycles. The zero-order valence-corrected chi connectivity index (χ0v) is 13.3. The Morgan fingerprint density at radius 2 is 1.50 bits per heavy atom. The van der Waals surface area contributed by atoms with Crippen molar-refractivity contribution in [3.8, 4) is 20.2 Å². The molecule has 0 spiro atoms. The van der Waals surface area contributed by atoms with Gasteiger partial charge in [-0.15, -0.1) is 34.0 Å². The molecule has 94 valence electrons. The molecule has 0 saturated heterocycles. The van der Waals surface area contributed by atoms with Crippen molar-refractivity contribution < 1.29 is 0 Å². The Morgan fingerprint density at radius 1 is 0.889 bits per heavy atom. The molecular weight excluding hydrogens is 296 g/mol. The van der Waals surface area contributed by atoms with E-state index >= 15 is 0 Å². The van der Waals surface area contributed by atoms with Gasteiger partial charge in [0.25, 0.3) is 0 Å². The third kappa shape index (κ3) is 3.26. The average Bonchev–Trinajstić information content (AvgIpc) is 3.13. The van der Waals surface area contributed by atoms with Crippen molar-refractivity contribution in [3.05, 3.63) is 46.5 Å². The third-order valence-corrected chi connectivity index (χ3v) is 5.06. The van der Waals surface area contributed by atoms with Gasteiger partial charge in [0.05, 0.1) is 4.88 Å². The number of thiophene rings is 3. The van der Waals surface area contributed by atoms with Crippen LogP contribution in [0.1, 0.15) is 6.92 Å². The van der Waals surface area contributed by atoms with E-state index in [2.05, 4.69) is 59.1 Å². The Labute approximate surface area is 125 Å². The second kappa shape index (κ2) is 7.14. The molecule has 3 aromatic heterocycles. The molecule has 0 aliphatic rings. The largest absolute Gasteiger partial charge is 0.180 e. The predicted octanol–water partition coefficient (Wildman–Crippen LogP) is 6.14. The molecule has 18 heavy (non-hydrogen) atoms. The van der Waals surface area contributed by atoms with Gasteiger partial charge in [-0.1, -0.05) is 19.1 Å². The lowest BCUT2D eigenvalue weighted by atomic mass is 10.2. The van der Waals surface area contributed by atoms with Gasteiger partial charge in [0.15, 0.2) is 0 Å². The Morgan fingerprint density at radius 3 is 2.06 bits per heavy atom. The molecule has 0 radical (unpaired) electrons. The molecule has 4 heteroatoms. The van der Waals surface area contributed by atoms with Crippen molar-refractivity contribution >= 4 is 46.6 Å². The summed E-state index contributed by atoms with van der Waals surface area (Å²) in [6.07, 6.45) is 0. The van der Waals surface area contributed by atoms with Crippen LogP contribution in [0.4, 0.5) is 0 Å². The van der Waals surface area contributed by atoms with Gasteiger partial charge < -0.3 is 0 Å². The summed E-state index contributed by atoms with van der Waals surface area (Å²) in [5.41, 5.74) is 1.37. The Balaban J connectivity index is 0.000000367. The molecule has 0 unspecified atom stereocenters. The van der Waals surface area contributed by atoms with Crippen LogP contribution in [-0.4, -0.2) is 5.75 Å². The summed E-state index contributed by atoms with van der Waals surface area (Å²) >= 11 is 9.22. The second-order valence-electron chi connectivity index (χ2n) is 3.43. The minimum atomic E-state index is 0.944. The lowest BCUT2D eigenvalue weighted by molar-refractivity contribution is 1.54. The first-order chi connectivity index (χ1) is 8.86. The lowest BCUT2D eigenvalue weighted by Gasteiger charge is -1.97. The van der Waals surface area contributed by atoms with E-state index in [1.807, 2.05) is 29.6 Å². The van der Waals surface area contributed by atoms with Crippen molar-refractivity contribution in [2.24, 2.45) is 0 Å². The van der Waals surface area contributed by atoms with E-state index in [9.17, 15) is 0 Å². The smallest absolute Gasteiger partial charge is 0.0529 e. The van der Waals surface area contributed by atoms with E-state index in [0.29, 0.717) is 0 Å². The van der Waals surface area contributed by atoms with Crippen molar-refractivity contribution in [2.45, 2.75) is 6.92 Å². The van der Waals surface area contributed by atoms with Crippen LogP contribution in [-0.2, 0) is 0 Å². The van der Waals surface area contributed by atoms with Crippen molar-refractivity contribution in [3.63, 3.8) is 0 Å². The van der Waals surface area contributed by atoms with Gasteiger partial charge in [-0.3, -0.25) is 0 Å². The number of rotatable bonds is 2. The van der Waals surface area contributed by atoms with E-state index in [1.165, 1.54) is 20.2 Å². The van der Waals surface area contributed by atoms with E-state index in [4.69, 9.17) is 0 Å². The Bertz CT molecular complexity index is 498. The molecule has 0 nitrogen and oxygen atoms in total.